The number of benzene rings is 1. The average Bonchev–Trinajstić information content (AvgIpc) is 3.04. The van der Waals surface area contributed by atoms with Crippen LogP contribution in [-0.2, 0) is 11.4 Å². The number of aromatic nitrogens is 1. The Morgan fingerprint density at radius 3 is 2.56 bits per heavy atom. The SMILES string of the molecule is C/C=C/COc1cc(C)c(OCc2cc(/C(C)=N/OC)no2)c(C)c1. The third-order valence-corrected chi connectivity index (χ3v) is 3.53. The van der Waals surface area contributed by atoms with Crippen molar-refractivity contribution in [3.63, 3.8) is 0 Å². The lowest BCUT2D eigenvalue weighted by molar-refractivity contribution is 0.213. The van der Waals surface area contributed by atoms with Gasteiger partial charge in [0.2, 0.25) is 0 Å². The largest absolute Gasteiger partial charge is 0.490 e. The molecule has 1 heterocycles. The first-order valence-corrected chi connectivity index (χ1v) is 8.06. The molecule has 0 spiro atoms. The van der Waals surface area contributed by atoms with E-state index in [4.69, 9.17) is 18.8 Å². The maximum absolute atomic E-state index is 5.91. The second-order valence-electron chi connectivity index (χ2n) is 5.59. The molecule has 0 amide bonds. The van der Waals surface area contributed by atoms with E-state index in [9.17, 15) is 0 Å². The van der Waals surface area contributed by atoms with Gasteiger partial charge in [-0.25, -0.2) is 0 Å². The molecule has 0 aliphatic heterocycles. The number of ether oxygens (including phenoxy) is 2. The molecule has 1 aromatic heterocycles. The minimum Gasteiger partial charge on any atom is -0.490 e. The van der Waals surface area contributed by atoms with Crippen LogP contribution in [0.5, 0.6) is 11.5 Å². The van der Waals surface area contributed by atoms with Gasteiger partial charge < -0.3 is 18.8 Å². The fraction of sp³-hybridized carbons (Fsp3) is 0.368. The number of rotatable bonds is 8. The predicted molar refractivity (Wildman–Crippen MR) is 96.3 cm³/mol. The van der Waals surface area contributed by atoms with Crippen molar-refractivity contribution in [2.75, 3.05) is 13.7 Å². The Bertz CT molecular complexity index is 740. The Balaban J connectivity index is 2.04. The highest BCUT2D eigenvalue weighted by Crippen LogP contribution is 2.29. The molecular weight excluding hydrogens is 320 g/mol. The fourth-order valence-corrected chi connectivity index (χ4v) is 2.34. The van der Waals surface area contributed by atoms with E-state index in [0.717, 1.165) is 22.6 Å². The minimum atomic E-state index is 0.285. The van der Waals surface area contributed by atoms with Crippen molar-refractivity contribution in [2.24, 2.45) is 5.16 Å². The summed E-state index contributed by atoms with van der Waals surface area (Å²) in [6, 6.07) is 5.72. The van der Waals surface area contributed by atoms with Crippen molar-refractivity contribution in [1.82, 2.24) is 5.16 Å². The van der Waals surface area contributed by atoms with Gasteiger partial charge in [0, 0.05) is 6.07 Å². The zero-order valence-corrected chi connectivity index (χ0v) is 15.3. The molecule has 0 atom stereocenters. The first kappa shape index (κ1) is 18.6. The van der Waals surface area contributed by atoms with Crippen LogP contribution in [0.15, 0.2) is 40.0 Å². The molecule has 6 nitrogen and oxygen atoms in total. The summed E-state index contributed by atoms with van der Waals surface area (Å²) in [4.78, 5) is 4.73. The third-order valence-electron chi connectivity index (χ3n) is 3.53. The van der Waals surface area contributed by atoms with Gasteiger partial charge in [-0.2, -0.15) is 0 Å². The van der Waals surface area contributed by atoms with Crippen LogP contribution in [0.4, 0.5) is 0 Å². The Morgan fingerprint density at radius 1 is 1.20 bits per heavy atom. The second-order valence-corrected chi connectivity index (χ2v) is 5.59. The lowest BCUT2D eigenvalue weighted by atomic mass is 10.1. The number of hydrogen-bond donors (Lipinski definition) is 0. The molecule has 0 saturated heterocycles. The van der Waals surface area contributed by atoms with Crippen LogP contribution in [0, 0.1) is 13.8 Å². The van der Waals surface area contributed by atoms with Gasteiger partial charge in [0.05, 0.1) is 0 Å². The van der Waals surface area contributed by atoms with Crippen LogP contribution in [0.1, 0.15) is 36.4 Å². The van der Waals surface area contributed by atoms with E-state index in [2.05, 4.69) is 10.3 Å². The van der Waals surface area contributed by atoms with Gasteiger partial charge in [0.25, 0.3) is 0 Å². The van der Waals surface area contributed by atoms with Gasteiger partial charge in [0.15, 0.2) is 5.76 Å². The highest BCUT2D eigenvalue weighted by Gasteiger charge is 2.11. The van der Waals surface area contributed by atoms with Gasteiger partial charge in [0.1, 0.15) is 43.2 Å². The van der Waals surface area contributed by atoms with E-state index in [0.29, 0.717) is 23.8 Å². The van der Waals surface area contributed by atoms with E-state index in [1.54, 1.807) is 13.0 Å². The monoisotopic (exact) mass is 344 g/mol. The molecule has 0 aliphatic carbocycles. The Labute approximate surface area is 148 Å². The molecular formula is C19H24N2O4. The van der Waals surface area contributed by atoms with Crippen molar-refractivity contribution >= 4 is 5.71 Å². The minimum absolute atomic E-state index is 0.285. The van der Waals surface area contributed by atoms with Crippen LogP contribution in [0.25, 0.3) is 0 Å². The maximum atomic E-state index is 5.91. The highest BCUT2D eigenvalue weighted by molar-refractivity contribution is 5.96. The quantitative estimate of drug-likeness (QED) is 0.408. The summed E-state index contributed by atoms with van der Waals surface area (Å²) in [6.45, 7) is 8.59. The molecule has 0 bridgehead atoms. The molecule has 1 aromatic carbocycles. The van der Waals surface area contributed by atoms with Gasteiger partial charge in [-0.15, -0.1) is 0 Å². The fourth-order valence-electron chi connectivity index (χ4n) is 2.34. The number of nitrogens with zero attached hydrogens (tertiary/aromatic N) is 2. The van der Waals surface area contributed by atoms with Gasteiger partial charge in [-0.05, 0) is 51.0 Å². The average molecular weight is 344 g/mol. The molecule has 0 N–H and O–H groups in total. The first-order valence-electron chi connectivity index (χ1n) is 8.06. The zero-order chi connectivity index (χ0) is 18.2. The van der Waals surface area contributed by atoms with Crippen LogP contribution < -0.4 is 9.47 Å². The Kier molecular flexibility index (Phi) is 6.62. The molecule has 2 aromatic rings. The van der Waals surface area contributed by atoms with E-state index in [1.165, 1.54) is 7.11 Å². The molecule has 134 valence electrons. The molecule has 6 heteroatoms. The molecule has 0 fully saturated rings. The Hall–Kier alpha value is -2.76. The van der Waals surface area contributed by atoms with Gasteiger partial charge in [-0.1, -0.05) is 22.5 Å². The molecule has 0 unspecified atom stereocenters. The Morgan fingerprint density at radius 2 is 1.92 bits per heavy atom. The van der Waals surface area contributed by atoms with Gasteiger partial charge >= 0.3 is 0 Å². The summed E-state index contributed by atoms with van der Waals surface area (Å²) in [6.07, 6.45) is 3.92. The number of allylic oxidation sites excluding steroid dienone is 1. The summed E-state index contributed by atoms with van der Waals surface area (Å²) in [5, 5.41) is 7.79. The van der Waals surface area contributed by atoms with Crippen molar-refractivity contribution < 1.29 is 18.8 Å². The van der Waals surface area contributed by atoms with E-state index >= 15 is 0 Å². The van der Waals surface area contributed by atoms with Crippen LogP contribution in [0.2, 0.25) is 0 Å². The van der Waals surface area contributed by atoms with Crippen LogP contribution in [-0.4, -0.2) is 24.6 Å². The normalized spacial score (nSPS) is 11.8. The van der Waals surface area contributed by atoms with Crippen molar-refractivity contribution in [3.8, 4) is 11.5 Å². The number of oxime groups is 1. The molecule has 25 heavy (non-hydrogen) atoms. The lowest BCUT2D eigenvalue weighted by Gasteiger charge is -2.13. The predicted octanol–water partition coefficient (Wildman–Crippen LogP) is 4.20. The summed E-state index contributed by atoms with van der Waals surface area (Å²) >= 11 is 0. The first-order chi connectivity index (χ1) is 12.0. The summed E-state index contributed by atoms with van der Waals surface area (Å²) in [7, 11) is 1.49. The standard InChI is InChI=1S/C19H24N2O4/c1-6-7-8-23-16-9-13(2)19(14(3)10-16)24-12-17-11-18(21-25-17)15(4)20-22-5/h6-7,9-11H,8,12H2,1-5H3/b7-6+,20-15+. The molecule has 0 radical (unpaired) electrons. The zero-order valence-electron chi connectivity index (χ0n) is 15.3. The smallest absolute Gasteiger partial charge is 0.174 e. The van der Waals surface area contributed by atoms with Crippen molar-refractivity contribution in [3.05, 3.63) is 52.9 Å². The number of aryl methyl sites for hydroxylation is 2. The van der Waals surface area contributed by atoms with E-state index in [1.807, 2.05) is 45.1 Å². The number of hydrogen-bond acceptors (Lipinski definition) is 6. The second kappa shape index (κ2) is 8.92. The molecule has 2 rings (SSSR count). The lowest BCUT2D eigenvalue weighted by Crippen LogP contribution is -2.00. The summed E-state index contributed by atoms with van der Waals surface area (Å²) in [5.41, 5.74) is 3.29. The summed E-state index contributed by atoms with van der Waals surface area (Å²) < 4.78 is 16.9. The van der Waals surface area contributed by atoms with Crippen molar-refractivity contribution in [2.45, 2.75) is 34.3 Å². The van der Waals surface area contributed by atoms with Crippen molar-refractivity contribution in [1.29, 1.82) is 0 Å². The van der Waals surface area contributed by atoms with Crippen LogP contribution in [0.3, 0.4) is 0 Å². The van der Waals surface area contributed by atoms with Gasteiger partial charge in [-0.3, -0.25) is 0 Å². The highest BCUT2D eigenvalue weighted by atomic mass is 16.6. The third kappa shape index (κ3) is 5.11. The van der Waals surface area contributed by atoms with E-state index in [-0.39, 0.29) is 6.61 Å². The topological polar surface area (TPSA) is 66.1 Å². The molecule has 0 saturated carbocycles. The maximum Gasteiger partial charge on any atom is 0.174 e. The van der Waals surface area contributed by atoms with E-state index < -0.39 is 0 Å². The summed E-state index contributed by atoms with van der Waals surface area (Å²) in [5.74, 6) is 2.26. The molecule has 0 aliphatic rings. The van der Waals surface area contributed by atoms with Crippen LogP contribution >= 0.6 is 0 Å².